The van der Waals surface area contributed by atoms with Gasteiger partial charge in [-0.1, -0.05) is 65.7 Å². The van der Waals surface area contributed by atoms with Crippen LogP contribution < -0.4 is 0 Å². The fourth-order valence-corrected chi connectivity index (χ4v) is 4.42. The van der Waals surface area contributed by atoms with Crippen molar-refractivity contribution in [2.75, 3.05) is 0 Å². The van der Waals surface area contributed by atoms with Crippen LogP contribution >= 0.6 is 0 Å². The van der Waals surface area contributed by atoms with Gasteiger partial charge in [-0.25, -0.2) is 0 Å². The Kier molecular flexibility index (Phi) is 6.14. The second kappa shape index (κ2) is 8.56. The first-order valence-corrected chi connectivity index (χ1v) is 10.1. The van der Waals surface area contributed by atoms with Gasteiger partial charge in [0.15, 0.2) is 0 Å². The third kappa shape index (κ3) is 4.42. The molecule has 0 amide bonds. The Bertz CT molecular complexity index is 893. The van der Waals surface area contributed by atoms with E-state index in [2.05, 4.69) is 102 Å². The minimum absolute atomic E-state index is 0.0323. The second-order valence-electron chi connectivity index (χ2n) is 8.05. The molecule has 0 aromatic heterocycles. The normalized spacial score (nSPS) is 11.5. The number of nitrogens with zero attached hydrogens (tertiary/aromatic N) is 1. The van der Waals surface area contributed by atoms with Crippen molar-refractivity contribution in [3.05, 3.63) is 105 Å². The molecule has 1 heteroatoms. The van der Waals surface area contributed by atoms with Gasteiger partial charge < -0.3 is 0 Å². The van der Waals surface area contributed by atoms with Crippen LogP contribution in [0.2, 0.25) is 0 Å². The van der Waals surface area contributed by atoms with Crippen molar-refractivity contribution in [2.45, 2.75) is 54.0 Å². The predicted octanol–water partition coefficient (Wildman–Crippen LogP) is 6.94. The summed E-state index contributed by atoms with van der Waals surface area (Å²) in [5.41, 5.74) is 11.9. The molecule has 0 saturated carbocycles. The molecule has 0 aliphatic rings. The minimum atomic E-state index is 0.0323. The summed E-state index contributed by atoms with van der Waals surface area (Å²) in [5, 5.41) is 0. The topological polar surface area (TPSA) is 12.4 Å². The molecule has 3 aromatic rings. The van der Waals surface area contributed by atoms with Gasteiger partial charge in [0.2, 0.25) is 0 Å². The van der Waals surface area contributed by atoms with Gasteiger partial charge in [-0.15, -0.1) is 0 Å². The summed E-state index contributed by atoms with van der Waals surface area (Å²) in [6.07, 6.45) is 2.95. The number of hydrogen-bond acceptors (Lipinski definition) is 1. The van der Waals surface area contributed by atoms with Crippen LogP contribution in [0.5, 0.6) is 0 Å². The molecule has 3 rings (SSSR count). The van der Waals surface area contributed by atoms with E-state index in [0.717, 1.165) is 6.42 Å². The van der Waals surface area contributed by atoms with E-state index < -0.39 is 0 Å². The molecule has 0 heterocycles. The van der Waals surface area contributed by atoms with Gasteiger partial charge >= 0.3 is 0 Å². The van der Waals surface area contributed by atoms with E-state index in [1.807, 2.05) is 0 Å². The third-order valence-electron chi connectivity index (χ3n) is 5.45. The molecule has 0 spiro atoms. The van der Waals surface area contributed by atoms with Gasteiger partial charge in [-0.3, -0.25) is 4.99 Å². The van der Waals surface area contributed by atoms with E-state index in [-0.39, 0.29) is 6.04 Å². The highest BCUT2D eigenvalue weighted by Crippen LogP contribution is 2.36. The first-order chi connectivity index (χ1) is 13.4. The molecule has 28 heavy (non-hydrogen) atoms. The minimum Gasteiger partial charge on any atom is -0.284 e. The smallest absolute Gasteiger partial charge is 0.101 e. The third-order valence-corrected chi connectivity index (χ3v) is 5.45. The van der Waals surface area contributed by atoms with Gasteiger partial charge in [0, 0.05) is 12.6 Å². The molecule has 0 N–H and O–H groups in total. The summed E-state index contributed by atoms with van der Waals surface area (Å²) in [6.45, 7) is 13.2. The van der Waals surface area contributed by atoms with Crippen LogP contribution in [0.1, 0.15) is 56.1 Å². The maximum atomic E-state index is 5.14. The SMILES string of the molecule is Cc1cc(C)c(C(N=CCc2ccccc2)c2c(C)cc(C)cc2C)c(C)c1. The molecule has 1 nitrogen and oxygen atoms in total. The Hall–Kier alpha value is -2.67. The van der Waals surface area contributed by atoms with Crippen LogP contribution in [0.4, 0.5) is 0 Å². The van der Waals surface area contributed by atoms with Gasteiger partial charge in [-0.05, 0) is 80.5 Å². The Morgan fingerprint density at radius 1 is 0.679 bits per heavy atom. The molecular weight excluding hydrogens is 338 g/mol. The molecular formula is C27H31N. The molecule has 0 unspecified atom stereocenters. The van der Waals surface area contributed by atoms with Crippen LogP contribution in [-0.2, 0) is 6.42 Å². The van der Waals surface area contributed by atoms with Crippen LogP contribution in [-0.4, -0.2) is 6.21 Å². The number of benzene rings is 3. The van der Waals surface area contributed by atoms with Crippen molar-refractivity contribution in [2.24, 2.45) is 4.99 Å². The average molecular weight is 370 g/mol. The van der Waals surface area contributed by atoms with Crippen LogP contribution in [0.15, 0.2) is 59.6 Å². The first-order valence-electron chi connectivity index (χ1n) is 10.1. The number of hydrogen-bond donors (Lipinski definition) is 0. The summed E-state index contributed by atoms with van der Waals surface area (Å²) in [4.78, 5) is 5.14. The zero-order valence-corrected chi connectivity index (χ0v) is 18.0. The number of rotatable bonds is 5. The van der Waals surface area contributed by atoms with Gasteiger partial charge in [0.25, 0.3) is 0 Å². The highest BCUT2D eigenvalue weighted by atomic mass is 14.8. The molecule has 0 radical (unpaired) electrons. The van der Waals surface area contributed by atoms with Crippen molar-refractivity contribution < 1.29 is 0 Å². The summed E-state index contributed by atoms with van der Waals surface area (Å²) in [5.74, 6) is 0. The van der Waals surface area contributed by atoms with Crippen LogP contribution in [0.25, 0.3) is 0 Å². The van der Waals surface area contributed by atoms with Crippen molar-refractivity contribution in [1.82, 2.24) is 0 Å². The molecule has 3 aromatic carbocycles. The number of aliphatic imine (C=N–C) groups is 1. The van der Waals surface area contributed by atoms with Gasteiger partial charge in [0.1, 0.15) is 6.04 Å². The lowest BCUT2D eigenvalue weighted by Crippen LogP contribution is -2.09. The van der Waals surface area contributed by atoms with E-state index in [1.54, 1.807) is 0 Å². The Morgan fingerprint density at radius 3 is 1.54 bits per heavy atom. The lowest BCUT2D eigenvalue weighted by Gasteiger charge is -2.23. The summed E-state index contributed by atoms with van der Waals surface area (Å²) >= 11 is 0. The van der Waals surface area contributed by atoms with Crippen molar-refractivity contribution >= 4 is 6.21 Å². The van der Waals surface area contributed by atoms with Crippen molar-refractivity contribution in [3.63, 3.8) is 0 Å². The molecule has 0 bridgehead atoms. The van der Waals surface area contributed by atoms with E-state index in [1.165, 1.54) is 50.1 Å². The van der Waals surface area contributed by atoms with Crippen LogP contribution in [0.3, 0.4) is 0 Å². The number of aryl methyl sites for hydroxylation is 6. The molecule has 0 aliphatic carbocycles. The quantitative estimate of drug-likeness (QED) is 0.432. The van der Waals surface area contributed by atoms with E-state index in [4.69, 9.17) is 4.99 Å². The average Bonchev–Trinajstić information content (AvgIpc) is 2.60. The fourth-order valence-electron chi connectivity index (χ4n) is 4.42. The first kappa shape index (κ1) is 20.1. The summed E-state index contributed by atoms with van der Waals surface area (Å²) in [6, 6.07) is 19.7. The molecule has 144 valence electrons. The van der Waals surface area contributed by atoms with Gasteiger partial charge in [-0.2, -0.15) is 0 Å². The molecule has 0 atom stereocenters. The fraction of sp³-hybridized carbons (Fsp3) is 0.296. The monoisotopic (exact) mass is 369 g/mol. The van der Waals surface area contributed by atoms with E-state index in [0.29, 0.717) is 0 Å². The zero-order chi connectivity index (χ0) is 20.3. The lowest BCUT2D eigenvalue weighted by molar-refractivity contribution is 0.835. The lowest BCUT2D eigenvalue weighted by atomic mass is 9.85. The van der Waals surface area contributed by atoms with Gasteiger partial charge in [0.05, 0.1) is 0 Å². The van der Waals surface area contributed by atoms with E-state index in [9.17, 15) is 0 Å². The van der Waals surface area contributed by atoms with E-state index >= 15 is 0 Å². The summed E-state index contributed by atoms with van der Waals surface area (Å²) < 4.78 is 0. The Balaban J connectivity index is 2.10. The van der Waals surface area contributed by atoms with Crippen LogP contribution in [0, 0.1) is 41.5 Å². The Morgan fingerprint density at radius 2 is 1.11 bits per heavy atom. The molecule has 0 saturated heterocycles. The maximum Gasteiger partial charge on any atom is 0.101 e. The standard InChI is InChI=1S/C27H31N/c1-18-14-20(3)25(21(4)15-18)27(26-22(5)16-19(2)17-23(26)6)28-13-12-24-10-8-7-9-11-24/h7-11,13-17,27H,12H2,1-6H3. The second-order valence-corrected chi connectivity index (χ2v) is 8.05. The molecule has 0 fully saturated rings. The maximum absolute atomic E-state index is 5.14. The Labute approximate surface area is 170 Å². The highest BCUT2D eigenvalue weighted by Gasteiger charge is 2.21. The van der Waals surface area contributed by atoms with Crippen molar-refractivity contribution in [1.29, 1.82) is 0 Å². The van der Waals surface area contributed by atoms with Crippen molar-refractivity contribution in [3.8, 4) is 0 Å². The molecule has 0 aliphatic heterocycles. The highest BCUT2D eigenvalue weighted by molar-refractivity contribution is 5.63. The largest absolute Gasteiger partial charge is 0.284 e. The predicted molar refractivity (Wildman–Crippen MR) is 122 cm³/mol. The summed E-state index contributed by atoms with van der Waals surface area (Å²) in [7, 11) is 0. The zero-order valence-electron chi connectivity index (χ0n) is 18.0.